The highest BCUT2D eigenvalue weighted by Crippen LogP contribution is 2.32. The quantitative estimate of drug-likeness (QED) is 0.726. The average molecular weight is 246 g/mol. The summed E-state index contributed by atoms with van der Waals surface area (Å²) in [6.07, 6.45) is 4.87. The van der Waals surface area contributed by atoms with E-state index >= 15 is 0 Å². The second kappa shape index (κ2) is 4.52. The van der Waals surface area contributed by atoms with Crippen molar-refractivity contribution in [2.45, 2.75) is 18.6 Å². The van der Waals surface area contributed by atoms with Crippen LogP contribution in [0.3, 0.4) is 0 Å². The Labute approximate surface area is 105 Å². The van der Waals surface area contributed by atoms with Gasteiger partial charge in [0.1, 0.15) is 23.8 Å². The molecule has 2 aliphatic rings. The van der Waals surface area contributed by atoms with Crippen LogP contribution >= 0.6 is 0 Å². The predicted octanol–water partition coefficient (Wildman–Crippen LogP) is 0.692. The van der Waals surface area contributed by atoms with Crippen LogP contribution in [0, 0.1) is 11.3 Å². The molecule has 1 spiro atoms. The topological polar surface area (TPSA) is 71.3 Å². The van der Waals surface area contributed by atoms with Gasteiger partial charge in [0.25, 0.3) is 0 Å². The van der Waals surface area contributed by atoms with Crippen molar-refractivity contribution in [3.63, 3.8) is 0 Å². The minimum Gasteiger partial charge on any atom is -0.350 e. The van der Waals surface area contributed by atoms with Gasteiger partial charge in [-0.3, -0.25) is 0 Å². The van der Waals surface area contributed by atoms with Crippen molar-refractivity contribution < 1.29 is 9.47 Å². The summed E-state index contributed by atoms with van der Waals surface area (Å²) in [4.78, 5) is 10.1. The predicted molar refractivity (Wildman–Crippen MR) is 62.8 cm³/mol. The van der Waals surface area contributed by atoms with E-state index in [1.54, 1.807) is 6.20 Å². The van der Waals surface area contributed by atoms with Crippen molar-refractivity contribution in [1.29, 1.82) is 5.26 Å². The molecule has 2 fully saturated rings. The number of anilines is 1. The maximum Gasteiger partial charge on any atom is 0.186 e. The third-order valence-electron chi connectivity index (χ3n) is 3.34. The van der Waals surface area contributed by atoms with Crippen molar-refractivity contribution in [1.82, 2.24) is 9.97 Å². The van der Waals surface area contributed by atoms with Crippen LogP contribution in [0.5, 0.6) is 0 Å². The standard InChI is InChI=1S/C12H14N4O2/c13-6-10-7-14-9-15-11(10)16-3-1-2-12(8-16)17-4-5-18-12/h7,9H,1-5,8H2. The summed E-state index contributed by atoms with van der Waals surface area (Å²) in [6.45, 7) is 2.77. The molecule has 18 heavy (non-hydrogen) atoms. The fourth-order valence-corrected chi connectivity index (χ4v) is 2.56. The first-order chi connectivity index (χ1) is 8.83. The second-order valence-electron chi connectivity index (χ2n) is 4.50. The third kappa shape index (κ3) is 1.92. The van der Waals surface area contributed by atoms with Crippen LogP contribution in [0.4, 0.5) is 5.82 Å². The largest absolute Gasteiger partial charge is 0.350 e. The van der Waals surface area contributed by atoms with E-state index in [2.05, 4.69) is 20.9 Å². The van der Waals surface area contributed by atoms with Gasteiger partial charge in [-0.05, 0) is 6.42 Å². The molecule has 0 atom stereocenters. The van der Waals surface area contributed by atoms with Crippen LogP contribution < -0.4 is 4.90 Å². The Bertz CT molecular complexity index is 479. The van der Waals surface area contributed by atoms with Crippen molar-refractivity contribution in [3.05, 3.63) is 18.1 Å². The number of nitrogens with zero attached hydrogens (tertiary/aromatic N) is 4. The summed E-state index contributed by atoms with van der Waals surface area (Å²) >= 11 is 0. The molecule has 1 aromatic rings. The molecular formula is C12H14N4O2. The molecule has 0 saturated carbocycles. The van der Waals surface area contributed by atoms with Crippen molar-refractivity contribution >= 4 is 5.82 Å². The highest BCUT2D eigenvalue weighted by molar-refractivity contribution is 5.52. The van der Waals surface area contributed by atoms with E-state index in [0.717, 1.165) is 19.4 Å². The Morgan fingerprint density at radius 2 is 2.22 bits per heavy atom. The molecule has 2 saturated heterocycles. The lowest BCUT2D eigenvalue weighted by Crippen LogP contribution is -2.49. The van der Waals surface area contributed by atoms with Gasteiger partial charge in [-0.1, -0.05) is 0 Å². The molecule has 0 bridgehead atoms. The number of aromatic nitrogens is 2. The van der Waals surface area contributed by atoms with E-state index in [1.165, 1.54) is 6.33 Å². The Kier molecular flexibility index (Phi) is 2.86. The number of hydrogen-bond acceptors (Lipinski definition) is 6. The number of hydrogen-bond donors (Lipinski definition) is 0. The van der Waals surface area contributed by atoms with Crippen LogP contribution in [-0.4, -0.2) is 42.1 Å². The van der Waals surface area contributed by atoms with E-state index < -0.39 is 5.79 Å². The van der Waals surface area contributed by atoms with E-state index in [4.69, 9.17) is 14.7 Å². The van der Waals surface area contributed by atoms with Gasteiger partial charge in [0.05, 0.1) is 26.0 Å². The summed E-state index contributed by atoms with van der Waals surface area (Å²) in [5.41, 5.74) is 0.493. The van der Waals surface area contributed by atoms with Gasteiger partial charge in [0, 0.05) is 13.0 Å². The third-order valence-corrected chi connectivity index (χ3v) is 3.34. The first-order valence-corrected chi connectivity index (χ1v) is 6.06. The average Bonchev–Trinajstić information content (AvgIpc) is 2.86. The van der Waals surface area contributed by atoms with Crippen molar-refractivity contribution in [2.75, 3.05) is 31.2 Å². The lowest BCUT2D eigenvalue weighted by atomic mass is 10.0. The molecule has 3 rings (SSSR count). The summed E-state index contributed by atoms with van der Waals surface area (Å²) in [6, 6.07) is 2.12. The fourth-order valence-electron chi connectivity index (χ4n) is 2.56. The van der Waals surface area contributed by atoms with Crippen LogP contribution in [0.15, 0.2) is 12.5 Å². The zero-order valence-corrected chi connectivity index (χ0v) is 10.0. The Hall–Kier alpha value is -1.71. The zero-order valence-electron chi connectivity index (χ0n) is 10.0. The molecule has 0 amide bonds. The van der Waals surface area contributed by atoms with Gasteiger partial charge in [-0.25, -0.2) is 9.97 Å². The Balaban J connectivity index is 1.86. The van der Waals surface area contributed by atoms with Crippen molar-refractivity contribution in [3.8, 4) is 6.07 Å². The van der Waals surface area contributed by atoms with Gasteiger partial charge in [-0.2, -0.15) is 5.26 Å². The molecule has 0 aliphatic carbocycles. The van der Waals surface area contributed by atoms with Gasteiger partial charge in [0.15, 0.2) is 5.79 Å². The number of rotatable bonds is 1. The summed E-state index contributed by atoms with van der Waals surface area (Å²) in [5, 5.41) is 9.09. The van der Waals surface area contributed by atoms with E-state index in [9.17, 15) is 0 Å². The lowest BCUT2D eigenvalue weighted by molar-refractivity contribution is -0.161. The van der Waals surface area contributed by atoms with E-state index in [1.807, 2.05) is 0 Å². The Morgan fingerprint density at radius 1 is 1.39 bits per heavy atom. The first kappa shape index (κ1) is 11.4. The van der Waals surface area contributed by atoms with Gasteiger partial charge in [0.2, 0.25) is 0 Å². The number of ether oxygens (including phenoxy) is 2. The molecular weight excluding hydrogens is 232 g/mol. The highest BCUT2D eigenvalue weighted by Gasteiger charge is 2.41. The van der Waals surface area contributed by atoms with Crippen LogP contribution in [0.1, 0.15) is 18.4 Å². The minimum absolute atomic E-state index is 0.493. The smallest absolute Gasteiger partial charge is 0.186 e. The van der Waals surface area contributed by atoms with E-state index in [0.29, 0.717) is 31.1 Å². The van der Waals surface area contributed by atoms with Crippen LogP contribution in [-0.2, 0) is 9.47 Å². The van der Waals surface area contributed by atoms with Crippen LogP contribution in [0.2, 0.25) is 0 Å². The summed E-state index contributed by atoms with van der Waals surface area (Å²) in [5.74, 6) is 0.168. The molecule has 2 aliphatic heterocycles. The first-order valence-electron chi connectivity index (χ1n) is 6.06. The van der Waals surface area contributed by atoms with Gasteiger partial charge in [-0.15, -0.1) is 0 Å². The fraction of sp³-hybridized carbons (Fsp3) is 0.583. The van der Waals surface area contributed by atoms with Gasteiger partial charge < -0.3 is 14.4 Å². The lowest BCUT2D eigenvalue weighted by Gasteiger charge is -2.39. The van der Waals surface area contributed by atoms with Crippen molar-refractivity contribution in [2.24, 2.45) is 0 Å². The normalized spacial score (nSPS) is 22.1. The molecule has 0 aromatic carbocycles. The summed E-state index contributed by atoms with van der Waals surface area (Å²) in [7, 11) is 0. The van der Waals surface area contributed by atoms with Gasteiger partial charge >= 0.3 is 0 Å². The molecule has 1 aromatic heterocycles. The number of piperidine rings is 1. The molecule has 0 radical (unpaired) electrons. The highest BCUT2D eigenvalue weighted by atomic mass is 16.7. The Morgan fingerprint density at radius 3 is 3.00 bits per heavy atom. The van der Waals surface area contributed by atoms with Crippen LogP contribution in [0.25, 0.3) is 0 Å². The van der Waals surface area contributed by atoms with E-state index in [-0.39, 0.29) is 0 Å². The maximum atomic E-state index is 9.09. The second-order valence-corrected chi connectivity index (χ2v) is 4.50. The SMILES string of the molecule is N#Cc1cncnc1N1CCCC2(C1)OCCO2. The molecule has 94 valence electrons. The zero-order chi connectivity index (χ0) is 12.4. The number of nitriles is 1. The molecule has 3 heterocycles. The monoisotopic (exact) mass is 246 g/mol. The molecule has 6 heteroatoms. The molecule has 0 unspecified atom stereocenters. The minimum atomic E-state index is -0.504. The summed E-state index contributed by atoms with van der Waals surface area (Å²) < 4.78 is 11.4. The maximum absolute atomic E-state index is 9.09. The molecule has 0 N–H and O–H groups in total. The molecule has 6 nitrogen and oxygen atoms in total.